The molecule has 0 bridgehead atoms. The smallest absolute Gasteiger partial charge is 0.226 e. The second-order valence-electron chi connectivity index (χ2n) is 6.53. The van der Waals surface area contributed by atoms with Crippen molar-refractivity contribution in [2.24, 2.45) is 0 Å². The van der Waals surface area contributed by atoms with Crippen LogP contribution >= 0.6 is 11.8 Å². The zero-order valence-corrected chi connectivity index (χ0v) is 15.7. The van der Waals surface area contributed by atoms with Crippen molar-refractivity contribution < 1.29 is 9.15 Å². The molecule has 1 saturated heterocycles. The van der Waals surface area contributed by atoms with Gasteiger partial charge in [-0.3, -0.25) is 0 Å². The zero-order valence-electron chi connectivity index (χ0n) is 14.9. The van der Waals surface area contributed by atoms with E-state index in [1.165, 1.54) is 5.56 Å². The van der Waals surface area contributed by atoms with Crippen molar-refractivity contribution in [1.29, 1.82) is 0 Å². The van der Waals surface area contributed by atoms with E-state index in [2.05, 4.69) is 52.6 Å². The van der Waals surface area contributed by atoms with Gasteiger partial charge < -0.3 is 9.15 Å². The fourth-order valence-electron chi connectivity index (χ4n) is 3.08. The van der Waals surface area contributed by atoms with Crippen LogP contribution in [-0.4, -0.2) is 37.9 Å². The Kier molecular flexibility index (Phi) is 5.03. The minimum absolute atomic E-state index is 0.209. The van der Waals surface area contributed by atoms with Crippen LogP contribution in [0.1, 0.15) is 29.7 Å². The summed E-state index contributed by atoms with van der Waals surface area (Å²) in [6.45, 7) is 5.67. The summed E-state index contributed by atoms with van der Waals surface area (Å²) in [6.07, 6.45) is 4.08. The Balaban J connectivity index is 1.41. The number of nitrogens with zero attached hydrogens (tertiary/aromatic N) is 5. The van der Waals surface area contributed by atoms with Crippen LogP contribution < -0.4 is 0 Å². The first kappa shape index (κ1) is 17.2. The van der Waals surface area contributed by atoms with Gasteiger partial charge >= 0.3 is 0 Å². The van der Waals surface area contributed by atoms with E-state index >= 15 is 0 Å². The van der Waals surface area contributed by atoms with Gasteiger partial charge in [0.15, 0.2) is 0 Å². The molecule has 0 saturated carbocycles. The summed E-state index contributed by atoms with van der Waals surface area (Å²) in [5.41, 5.74) is 4.28. The highest BCUT2D eigenvalue weighted by molar-refractivity contribution is 7.98. The van der Waals surface area contributed by atoms with Gasteiger partial charge in [0.2, 0.25) is 11.0 Å². The summed E-state index contributed by atoms with van der Waals surface area (Å²) in [5.74, 6) is 1.30. The summed E-state index contributed by atoms with van der Waals surface area (Å²) in [5, 5.41) is 12.8. The van der Waals surface area contributed by atoms with E-state index in [0.29, 0.717) is 18.2 Å². The summed E-state index contributed by atoms with van der Waals surface area (Å²) in [7, 11) is 0. The van der Waals surface area contributed by atoms with Crippen LogP contribution in [0.15, 0.2) is 34.0 Å². The van der Waals surface area contributed by atoms with Gasteiger partial charge in [-0.05, 0) is 48.7 Å². The van der Waals surface area contributed by atoms with Crippen LogP contribution in [0.4, 0.5) is 0 Å². The normalized spacial score (nSPS) is 17.1. The largest absolute Gasteiger partial charge is 0.444 e. The zero-order chi connectivity index (χ0) is 17.9. The minimum atomic E-state index is 0.209. The summed E-state index contributed by atoms with van der Waals surface area (Å²) in [4.78, 5) is 4.61. The Labute approximate surface area is 156 Å². The lowest BCUT2D eigenvalue weighted by molar-refractivity contribution is 0.0912. The van der Waals surface area contributed by atoms with Gasteiger partial charge in [-0.15, -0.1) is 5.10 Å². The molecule has 3 heterocycles. The molecule has 0 spiro atoms. The van der Waals surface area contributed by atoms with E-state index in [4.69, 9.17) is 9.15 Å². The highest BCUT2D eigenvalue weighted by Crippen LogP contribution is 2.26. The first-order valence-electron chi connectivity index (χ1n) is 8.71. The Morgan fingerprint density at radius 1 is 1.31 bits per heavy atom. The summed E-state index contributed by atoms with van der Waals surface area (Å²) in [6, 6.07) is 6.25. The molecule has 3 aromatic rings. The quantitative estimate of drug-likeness (QED) is 0.614. The first-order chi connectivity index (χ1) is 12.7. The predicted octanol–water partition coefficient (Wildman–Crippen LogP) is 3.42. The van der Waals surface area contributed by atoms with Crippen LogP contribution in [0.25, 0.3) is 11.5 Å². The third-order valence-electron chi connectivity index (χ3n) is 4.41. The maximum Gasteiger partial charge on any atom is 0.226 e. The molecule has 0 amide bonds. The molecule has 26 heavy (non-hydrogen) atoms. The average molecular weight is 371 g/mol. The second kappa shape index (κ2) is 7.59. The van der Waals surface area contributed by atoms with Crippen molar-refractivity contribution in [1.82, 2.24) is 25.2 Å². The second-order valence-corrected chi connectivity index (χ2v) is 7.47. The number of rotatable bonds is 6. The van der Waals surface area contributed by atoms with Gasteiger partial charge in [0.05, 0.1) is 18.3 Å². The summed E-state index contributed by atoms with van der Waals surface area (Å²) >= 11 is 1.55. The van der Waals surface area contributed by atoms with E-state index in [-0.39, 0.29) is 6.10 Å². The molecular formula is C18H21N5O2S. The number of benzene rings is 1. The Hall–Kier alpha value is -2.19. The maximum absolute atomic E-state index is 5.68. The Morgan fingerprint density at radius 2 is 2.23 bits per heavy atom. The van der Waals surface area contributed by atoms with Crippen LogP contribution in [0.5, 0.6) is 0 Å². The van der Waals surface area contributed by atoms with Crippen molar-refractivity contribution in [2.45, 2.75) is 50.2 Å². The Bertz CT molecular complexity index is 885. The van der Waals surface area contributed by atoms with Crippen LogP contribution in [0, 0.1) is 13.8 Å². The van der Waals surface area contributed by atoms with Crippen LogP contribution in [-0.2, 0) is 17.0 Å². The SMILES string of the molecule is Cc1ccc(-c2nc(CSc3nnnn3CC3CCCO3)co2)c(C)c1. The standard InChI is InChI=1S/C18H21N5O2S/c1-12-5-6-16(13(2)8-12)17-19-14(10-25-17)11-26-18-20-21-22-23(18)9-15-4-3-7-24-15/h5-6,8,10,15H,3-4,7,9,11H2,1-2H3. The van der Waals surface area contributed by atoms with Gasteiger partial charge in [0, 0.05) is 17.9 Å². The van der Waals surface area contributed by atoms with Gasteiger partial charge in [-0.2, -0.15) is 0 Å². The molecule has 1 aliphatic heterocycles. The molecule has 0 radical (unpaired) electrons. The third-order valence-corrected chi connectivity index (χ3v) is 5.40. The van der Waals surface area contributed by atoms with Crippen LogP contribution in [0.3, 0.4) is 0 Å². The highest BCUT2D eigenvalue weighted by Gasteiger charge is 2.19. The number of ether oxygens (including phenoxy) is 1. The molecule has 1 unspecified atom stereocenters. The molecule has 7 nitrogen and oxygen atoms in total. The predicted molar refractivity (Wildman–Crippen MR) is 97.8 cm³/mol. The van der Waals surface area contributed by atoms with Crippen molar-refractivity contribution in [3.63, 3.8) is 0 Å². The van der Waals surface area contributed by atoms with Crippen molar-refractivity contribution in [3.8, 4) is 11.5 Å². The molecule has 1 aromatic carbocycles. The van der Waals surface area contributed by atoms with Crippen molar-refractivity contribution in [2.75, 3.05) is 6.61 Å². The molecule has 4 rings (SSSR count). The number of aryl methyl sites for hydroxylation is 2. The lowest BCUT2D eigenvalue weighted by Crippen LogP contribution is -2.16. The van der Waals surface area contributed by atoms with E-state index < -0.39 is 0 Å². The fourth-order valence-corrected chi connectivity index (χ4v) is 3.85. The number of aromatic nitrogens is 5. The number of hydrogen-bond donors (Lipinski definition) is 0. The fraction of sp³-hybridized carbons (Fsp3) is 0.444. The van der Waals surface area contributed by atoms with E-state index in [9.17, 15) is 0 Å². The molecule has 0 N–H and O–H groups in total. The van der Waals surface area contributed by atoms with Crippen LogP contribution in [0.2, 0.25) is 0 Å². The Morgan fingerprint density at radius 3 is 3.04 bits per heavy atom. The number of oxazole rings is 1. The maximum atomic E-state index is 5.68. The van der Waals surface area contributed by atoms with Gasteiger partial charge in [0.25, 0.3) is 0 Å². The molecule has 1 fully saturated rings. The number of tetrazole rings is 1. The molecule has 1 atom stereocenters. The van der Waals surface area contributed by atoms with Gasteiger partial charge in [0.1, 0.15) is 6.26 Å². The first-order valence-corrected chi connectivity index (χ1v) is 9.70. The molecule has 8 heteroatoms. The van der Waals surface area contributed by atoms with Gasteiger partial charge in [-0.25, -0.2) is 9.67 Å². The number of hydrogen-bond acceptors (Lipinski definition) is 7. The van der Waals surface area contributed by atoms with Gasteiger partial charge in [-0.1, -0.05) is 29.5 Å². The molecule has 1 aliphatic rings. The minimum Gasteiger partial charge on any atom is -0.444 e. The third kappa shape index (κ3) is 3.81. The molecule has 136 valence electrons. The molecule has 2 aromatic heterocycles. The molecule has 0 aliphatic carbocycles. The highest BCUT2D eigenvalue weighted by atomic mass is 32.2. The average Bonchev–Trinajstić information content (AvgIpc) is 3.35. The topological polar surface area (TPSA) is 78.9 Å². The van der Waals surface area contributed by atoms with Crippen molar-refractivity contribution in [3.05, 3.63) is 41.3 Å². The van der Waals surface area contributed by atoms with E-state index in [1.54, 1.807) is 18.0 Å². The van der Waals surface area contributed by atoms with E-state index in [1.807, 2.05) is 4.68 Å². The lowest BCUT2D eigenvalue weighted by atomic mass is 10.1. The monoisotopic (exact) mass is 371 g/mol. The van der Waals surface area contributed by atoms with E-state index in [0.717, 1.165) is 41.4 Å². The number of thioether (sulfide) groups is 1. The molecular weight excluding hydrogens is 350 g/mol. The summed E-state index contributed by atoms with van der Waals surface area (Å²) < 4.78 is 13.2. The van der Waals surface area contributed by atoms with Crippen molar-refractivity contribution >= 4 is 11.8 Å². The lowest BCUT2D eigenvalue weighted by Gasteiger charge is -2.09.